The smallest absolute Gasteiger partial charge is 0.187 e. The molecule has 1 fully saturated rings. The van der Waals surface area contributed by atoms with Crippen LogP contribution in [0.5, 0.6) is 0 Å². The highest BCUT2D eigenvalue weighted by Crippen LogP contribution is 2.36. The van der Waals surface area contributed by atoms with Gasteiger partial charge in [0.15, 0.2) is 17.7 Å². The molecule has 1 aliphatic heterocycles. The van der Waals surface area contributed by atoms with E-state index in [0.29, 0.717) is 13.2 Å². The lowest BCUT2D eigenvalue weighted by atomic mass is 10.1. The number of ketones is 1. The standard InChI is InChI=1S/C16H18O4/c1-16(2)19-14-12(8-13(17)15(14)20-16)10-18-9-11-6-4-3-5-7-11/h3-8,14-15H,9-10H2,1-2H3/t14-,15+/m0/s1. The van der Waals surface area contributed by atoms with E-state index >= 15 is 0 Å². The molecule has 0 radical (unpaired) electrons. The van der Waals surface area contributed by atoms with Crippen LogP contribution in [-0.4, -0.2) is 30.4 Å². The Morgan fingerprint density at radius 3 is 2.55 bits per heavy atom. The van der Waals surface area contributed by atoms with Gasteiger partial charge in [0, 0.05) is 0 Å². The third-order valence-electron chi connectivity index (χ3n) is 3.45. The molecule has 0 amide bonds. The second-order valence-corrected chi connectivity index (χ2v) is 5.58. The van der Waals surface area contributed by atoms with Crippen LogP contribution < -0.4 is 0 Å². The van der Waals surface area contributed by atoms with Gasteiger partial charge in [-0.05, 0) is 31.1 Å². The van der Waals surface area contributed by atoms with Gasteiger partial charge in [-0.3, -0.25) is 4.79 Å². The van der Waals surface area contributed by atoms with Gasteiger partial charge in [-0.15, -0.1) is 0 Å². The molecule has 4 nitrogen and oxygen atoms in total. The Morgan fingerprint density at radius 1 is 1.10 bits per heavy atom. The van der Waals surface area contributed by atoms with Gasteiger partial charge in [0.25, 0.3) is 0 Å². The third-order valence-corrected chi connectivity index (χ3v) is 3.45. The van der Waals surface area contributed by atoms with Gasteiger partial charge in [-0.2, -0.15) is 0 Å². The number of rotatable bonds is 4. The highest BCUT2D eigenvalue weighted by atomic mass is 16.8. The Hall–Kier alpha value is -1.49. The van der Waals surface area contributed by atoms with Gasteiger partial charge >= 0.3 is 0 Å². The van der Waals surface area contributed by atoms with E-state index in [1.807, 2.05) is 44.2 Å². The van der Waals surface area contributed by atoms with Crippen LogP contribution in [0, 0.1) is 0 Å². The van der Waals surface area contributed by atoms with Gasteiger partial charge < -0.3 is 14.2 Å². The molecule has 0 unspecified atom stereocenters. The fourth-order valence-corrected chi connectivity index (χ4v) is 2.57. The summed E-state index contributed by atoms with van der Waals surface area (Å²) in [6, 6.07) is 9.94. The third kappa shape index (κ3) is 2.68. The average molecular weight is 274 g/mol. The van der Waals surface area contributed by atoms with Crippen molar-refractivity contribution in [3.05, 3.63) is 47.5 Å². The van der Waals surface area contributed by atoms with Crippen LogP contribution in [0.25, 0.3) is 0 Å². The van der Waals surface area contributed by atoms with E-state index < -0.39 is 11.9 Å². The van der Waals surface area contributed by atoms with E-state index in [-0.39, 0.29) is 11.9 Å². The van der Waals surface area contributed by atoms with Crippen LogP contribution >= 0.6 is 0 Å². The number of hydrogen-bond acceptors (Lipinski definition) is 4. The van der Waals surface area contributed by atoms with Crippen molar-refractivity contribution in [2.24, 2.45) is 0 Å². The summed E-state index contributed by atoms with van der Waals surface area (Å²) >= 11 is 0. The summed E-state index contributed by atoms with van der Waals surface area (Å²) in [5, 5.41) is 0. The van der Waals surface area contributed by atoms with Crippen molar-refractivity contribution in [3.63, 3.8) is 0 Å². The molecule has 2 aliphatic rings. The number of fused-ring (bicyclic) bond motifs is 1. The molecule has 1 saturated heterocycles. The summed E-state index contributed by atoms with van der Waals surface area (Å²) in [5.74, 6) is -0.733. The number of benzene rings is 1. The van der Waals surface area contributed by atoms with E-state index in [1.165, 1.54) is 0 Å². The van der Waals surface area contributed by atoms with Gasteiger partial charge in [0.1, 0.15) is 6.10 Å². The van der Waals surface area contributed by atoms with Crippen LogP contribution in [0.2, 0.25) is 0 Å². The fraction of sp³-hybridized carbons (Fsp3) is 0.438. The number of ether oxygens (including phenoxy) is 3. The maximum absolute atomic E-state index is 11.9. The molecule has 1 heterocycles. The molecule has 0 bridgehead atoms. The lowest BCUT2D eigenvalue weighted by Crippen LogP contribution is -2.26. The molecule has 3 rings (SSSR count). The molecule has 0 saturated carbocycles. The second-order valence-electron chi connectivity index (χ2n) is 5.58. The van der Waals surface area contributed by atoms with Gasteiger partial charge in [-0.25, -0.2) is 0 Å². The maximum Gasteiger partial charge on any atom is 0.187 e. The molecule has 106 valence electrons. The fourth-order valence-electron chi connectivity index (χ4n) is 2.57. The first-order chi connectivity index (χ1) is 9.55. The first-order valence-electron chi connectivity index (χ1n) is 6.77. The summed E-state index contributed by atoms with van der Waals surface area (Å²) in [4.78, 5) is 11.9. The zero-order chi connectivity index (χ0) is 14.2. The zero-order valence-electron chi connectivity index (χ0n) is 11.7. The number of hydrogen-bond donors (Lipinski definition) is 0. The molecule has 2 atom stereocenters. The van der Waals surface area contributed by atoms with Gasteiger partial charge in [-0.1, -0.05) is 30.3 Å². The molecule has 0 aromatic heterocycles. The van der Waals surface area contributed by atoms with Crippen LogP contribution in [0.15, 0.2) is 42.0 Å². The predicted octanol–water partition coefficient (Wildman–Crippen LogP) is 2.23. The number of carbonyl (C=O) groups is 1. The van der Waals surface area contributed by atoms with Crippen LogP contribution in [0.4, 0.5) is 0 Å². The first kappa shape index (κ1) is 13.5. The van der Waals surface area contributed by atoms with E-state index in [4.69, 9.17) is 14.2 Å². The van der Waals surface area contributed by atoms with Crippen molar-refractivity contribution in [1.82, 2.24) is 0 Å². The van der Waals surface area contributed by atoms with Crippen molar-refractivity contribution in [2.45, 2.75) is 38.4 Å². The summed E-state index contributed by atoms with van der Waals surface area (Å²) in [6.45, 7) is 4.55. The zero-order valence-corrected chi connectivity index (χ0v) is 11.7. The molecule has 4 heteroatoms. The van der Waals surface area contributed by atoms with Crippen molar-refractivity contribution < 1.29 is 19.0 Å². The molecule has 1 aromatic carbocycles. The molecular formula is C16H18O4. The summed E-state index contributed by atoms with van der Waals surface area (Å²) < 4.78 is 17.0. The van der Waals surface area contributed by atoms with E-state index in [2.05, 4.69) is 0 Å². The maximum atomic E-state index is 11.9. The van der Waals surface area contributed by atoms with Crippen molar-refractivity contribution in [1.29, 1.82) is 0 Å². The number of carbonyl (C=O) groups excluding carboxylic acids is 1. The second kappa shape index (κ2) is 5.13. The highest BCUT2D eigenvalue weighted by molar-refractivity contribution is 5.98. The Labute approximate surface area is 118 Å². The Balaban J connectivity index is 1.58. The Morgan fingerprint density at radius 2 is 1.80 bits per heavy atom. The predicted molar refractivity (Wildman–Crippen MR) is 73.0 cm³/mol. The van der Waals surface area contributed by atoms with Gasteiger partial charge in [0.2, 0.25) is 0 Å². The Kier molecular flexibility index (Phi) is 3.46. The minimum absolute atomic E-state index is 0.0288. The highest BCUT2D eigenvalue weighted by Gasteiger charge is 2.49. The van der Waals surface area contributed by atoms with Crippen LogP contribution in [0.1, 0.15) is 19.4 Å². The topological polar surface area (TPSA) is 44.8 Å². The molecule has 0 N–H and O–H groups in total. The lowest BCUT2D eigenvalue weighted by Gasteiger charge is -2.18. The average Bonchev–Trinajstić information content (AvgIpc) is 2.87. The SMILES string of the molecule is CC1(C)O[C@@H]2C(=O)C=C(COCc3ccccc3)[C@@H]2O1. The van der Waals surface area contributed by atoms with Crippen molar-refractivity contribution >= 4 is 5.78 Å². The summed E-state index contributed by atoms with van der Waals surface area (Å²) in [6.07, 6.45) is 0.795. The quantitative estimate of drug-likeness (QED) is 0.844. The molecule has 20 heavy (non-hydrogen) atoms. The summed E-state index contributed by atoms with van der Waals surface area (Å²) in [7, 11) is 0. The molecular weight excluding hydrogens is 256 g/mol. The van der Waals surface area contributed by atoms with Gasteiger partial charge in [0.05, 0.1) is 13.2 Å². The Bertz CT molecular complexity index is 533. The van der Waals surface area contributed by atoms with Crippen LogP contribution in [0.3, 0.4) is 0 Å². The molecule has 1 aliphatic carbocycles. The molecule has 1 aromatic rings. The van der Waals surface area contributed by atoms with E-state index in [0.717, 1.165) is 11.1 Å². The van der Waals surface area contributed by atoms with Crippen LogP contribution in [-0.2, 0) is 25.6 Å². The minimum atomic E-state index is -0.704. The minimum Gasteiger partial charge on any atom is -0.372 e. The van der Waals surface area contributed by atoms with E-state index in [9.17, 15) is 4.79 Å². The molecule has 0 spiro atoms. The largest absolute Gasteiger partial charge is 0.372 e. The normalized spacial score (nSPS) is 27.5. The lowest BCUT2D eigenvalue weighted by molar-refractivity contribution is -0.153. The summed E-state index contributed by atoms with van der Waals surface area (Å²) in [5.41, 5.74) is 1.97. The van der Waals surface area contributed by atoms with Crippen molar-refractivity contribution in [2.75, 3.05) is 6.61 Å². The first-order valence-corrected chi connectivity index (χ1v) is 6.77. The monoisotopic (exact) mass is 274 g/mol. The van der Waals surface area contributed by atoms with E-state index in [1.54, 1.807) is 6.08 Å². The van der Waals surface area contributed by atoms with Crippen molar-refractivity contribution in [3.8, 4) is 0 Å².